The summed E-state index contributed by atoms with van der Waals surface area (Å²) in [4.78, 5) is 8.04. The summed E-state index contributed by atoms with van der Waals surface area (Å²) in [6, 6.07) is 0. The molecule has 0 aliphatic carbocycles. The zero-order valence-corrected chi connectivity index (χ0v) is 6.55. The van der Waals surface area contributed by atoms with E-state index in [4.69, 9.17) is 11.6 Å². The highest BCUT2D eigenvalue weighted by Gasteiger charge is 2.03. The molecule has 4 nitrogen and oxygen atoms in total. The van der Waals surface area contributed by atoms with E-state index in [0.29, 0.717) is 16.6 Å². The first-order valence-corrected chi connectivity index (χ1v) is 3.48. The molecule has 2 rings (SSSR count). The summed E-state index contributed by atoms with van der Waals surface area (Å²) in [7, 11) is 0. The number of aromatic nitrogens is 4. The molecule has 0 bridgehead atoms. The van der Waals surface area contributed by atoms with Gasteiger partial charge in [0, 0.05) is 6.20 Å². The standard InChI is InChI=1S/C6H5ClN4/c1-3-8-2-4-5(7)10-11-6(4)9-3/h2H,1H3,(H,8,9,10,11). The van der Waals surface area contributed by atoms with Crippen molar-refractivity contribution in [3.05, 3.63) is 17.2 Å². The highest BCUT2D eigenvalue weighted by molar-refractivity contribution is 6.33. The molecule has 0 radical (unpaired) electrons. The third kappa shape index (κ3) is 0.952. The van der Waals surface area contributed by atoms with Crippen LogP contribution in [0.25, 0.3) is 11.0 Å². The van der Waals surface area contributed by atoms with Crippen molar-refractivity contribution in [3.63, 3.8) is 0 Å². The van der Waals surface area contributed by atoms with Gasteiger partial charge in [0.2, 0.25) is 0 Å². The fraction of sp³-hybridized carbons (Fsp3) is 0.167. The summed E-state index contributed by atoms with van der Waals surface area (Å²) in [5.41, 5.74) is 0.613. The highest BCUT2D eigenvalue weighted by Crippen LogP contribution is 2.16. The number of hydrogen-bond donors (Lipinski definition) is 1. The van der Waals surface area contributed by atoms with Crippen molar-refractivity contribution in [2.75, 3.05) is 0 Å². The Kier molecular flexibility index (Phi) is 1.29. The van der Waals surface area contributed by atoms with Crippen LogP contribution in [0.15, 0.2) is 6.20 Å². The van der Waals surface area contributed by atoms with Crippen LogP contribution in [0.1, 0.15) is 5.82 Å². The molecule has 0 saturated heterocycles. The average molecular weight is 169 g/mol. The van der Waals surface area contributed by atoms with Crippen LogP contribution in [0.2, 0.25) is 5.15 Å². The van der Waals surface area contributed by atoms with Gasteiger partial charge in [0.05, 0.1) is 5.39 Å². The van der Waals surface area contributed by atoms with Crippen LogP contribution in [0.4, 0.5) is 0 Å². The van der Waals surface area contributed by atoms with Gasteiger partial charge in [0.25, 0.3) is 0 Å². The Morgan fingerprint density at radius 2 is 2.36 bits per heavy atom. The van der Waals surface area contributed by atoms with Crippen molar-refractivity contribution in [2.24, 2.45) is 0 Å². The Bertz CT molecular complexity index is 394. The van der Waals surface area contributed by atoms with E-state index in [9.17, 15) is 0 Å². The monoisotopic (exact) mass is 168 g/mol. The molecule has 11 heavy (non-hydrogen) atoms. The smallest absolute Gasteiger partial charge is 0.185 e. The zero-order chi connectivity index (χ0) is 7.84. The molecular weight excluding hydrogens is 164 g/mol. The summed E-state index contributed by atoms with van der Waals surface area (Å²) in [6.45, 7) is 1.81. The first-order chi connectivity index (χ1) is 5.27. The zero-order valence-electron chi connectivity index (χ0n) is 5.80. The van der Waals surface area contributed by atoms with Crippen LogP contribution in [-0.4, -0.2) is 20.2 Å². The van der Waals surface area contributed by atoms with Gasteiger partial charge in [0.15, 0.2) is 5.65 Å². The van der Waals surface area contributed by atoms with Gasteiger partial charge >= 0.3 is 0 Å². The molecule has 2 heterocycles. The number of hydrogen-bond acceptors (Lipinski definition) is 3. The van der Waals surface area contributed by atoms with Crippen molar-refractivity contribution in [1.82, 2.24) is 20.2 Å². The Morgan fingerprint density at radius 1 is 1.55 bits per heavy atom. The van der Waals surface area contributed by atoms with E-state index in [0.717, 1.165) is 5.39 Å². The van der Waals surface area contributed by atoms with Gasteiger partial charge < -0.3 is 0 Å². The predicted octanol–water partition coefficient (Wildman–Crippen LogP) is 1.31. The van der Waals surface area contributed by atoms with Gasteiger partial charge in [0.1, 0.15) is 11.0 Å². The van der Waals surface area contributed by atoms with E-state index in [1.54, 1.807) is 6.20 Å². The van der Waals surface area contributed by atoms with Crippen LogP contribution in [0.3, 0.4) is 0 Å². The lowest BCUT2D eigenvalue weighted by atomic mass is 10.4. The van der Waals surface area contributed by atoms with Gasteiger partial charge in [-0.3, -0.25) is 5.10 Å². The van der Waals surface area contributed by atoms with E-state index in [-0.39, 0.29) is 0 Å². The highest BCUT2D eigenvalue weighted by atomic mass is 35.5. The van der Waals surface area contributed by atoms with Crippen molar-refractivity contribution < 1.29 is 0 Å². The van der Waals surface area contributed by atoms with Gasteiger partial charge in [-0.2, -0.15) is 5.10 Å². The van der Waals surface area contributed by atoms with Gasteiger partial charge in [-0.15, -0.1) is 0 Å². The lowest BCUT2D eigenvalue weighted by molar-refractivity contribution is 1.05. The third-order valence-electron chi connectivity index (χ3n) is 1.39. The summed E-state index contributed by atoms with van der Waals surface area (Å²) < 4.78 is 0. The van der Waals surface area contributed by atoms with Crippen LogP contribution in [0, 0.1) is 6.92 Å². The molecule has 5 heteroatoms. The molecule has 0 aliphatic rings. The van der Waals surface area contributed by atoms with Crippen LogP contribution >= 0.6 is 11.6 Å². The Morgan fingerprint density at radius 3 is 3.18 bits per heavy atom. The fourth-order valence-corrected chi connectivity index (χ4v) is 1.04. The van der Waals surface area contributed by atoms with Crippen molar-refractivity contribution in [3.8, 4) is 0 Å². The van der Waals surface area contributed by atoms with Crippen LogP contribution in [-0.2, 0) is 0 Å². The second kappa shape index (κ2) is 2.17. The molecule has 0 unspecified atom stereocenters. The van der Waals surface area contributed by atoms with Crippen molar-refractivity contribution >= 4 is 22.6 Å². The largest absolute Gasteiger partial charge is 0.264 e. The number of halogens is 1. The fourth-order valence-electron chi connectivity index (χ4n) is 0.860. The molecule has 1 N–H and O–H groups in total. The van der Waals surface area contributed by atoms with E-state index < -0.39 is 0 Å². The van der Waals surface area contributed by atoms with E-state index in [2.05, 4.69) is 20.2 Å². The number of rotatable bonds is 0. The number of nitrogens with one attached hydrogen (secondary N) is 1. The molecule has 0 aliphatic heterocycles. The van der Waals surface area contributed by atoms with Crippen LogP contribution in [0.5, 0.6) is 0 Å². The topological polar surface area (TPSA) is 54.5 Å². The SMILES string of the molecule is Cc1ncc2c(Cl)[nH]nc2n1. The molecule has 2 aromatic heterocycles. The maximum Gasteiger partial charge on any atom is 0.185 e. The minimum atomic E-state index is 0.486. The van der Waals surface area contributed by atoms with Gasteiger partial charge in [-0.1, -0.05) is 11.6 Å². The number of aromatic amines is 1. The van der Waals surface area contributed by atoms with Crippen LogP contribution < -0.4 is 0 Å². The molecule has 0 spiro atoms. The second-order valence-corrected chi connectivity index (χ2v) is 2.57. The Hall–Kier alpha value is -1.16. The number of fused-ring (bicyclic) bond motifs is 1. The molecule has 0 atom stereocenters. The summed E-state index contributed by atoms with van der Waals surface area (Å²) in [5.74, 6) is 0.695. The molecular formula is C6H5ClN4. The summed E-state index contributed by atoms with van der Waals surface area (Å²) in [6.07, 6.45) is 1.66. The van der Waals surface area contributed by atoms with E-state index >= 15 is 0 Å². The van der Waals surface area contributed by atoms with Gasteiger partial charge in [-0.05, 0) is 6.92 Å². The number of H-pyrrole nitrogens is 1. The first-order valence-electron chi connectivity index (χ1n) is 3.10. The molecule has 0 amide bonds. The molecule has 0 saturated carbocycles. The minimum absolute atomic E-state index is 0.486. The quantitative estimate of drug-likeness (QED) is 0.646. The summed E-state index contributed by atoms with van der Waals surface area (Å²) >= 11 is 5.73. The maximum atomic E-state index is 5.73. The van der Waals surface area contributed by atoms with Gasteiger partial charge in [-0.25, -0.2) is 9.97 Å². The average Bonchev–Trinajstić information content (AvgIpc) is 2.32. The Balaban J connectivity index is 2.86. The second-order valence-electron chi connectivity index (χ2n) is 2.19. The van der Waals surface area contributed by atoms with E-state index in [1.165, 1.54) is 0 Å². The maximum absolute atomic E-state index is 5.73. The minimum Gasteiger partial charge on any atom is -0.264 e. The molecule has 56 valence electrons. The van der Waals surface area contributed by atoms with Crippen molar-refractivity contribution in [2.45, 2.75) is 6.92 Å². The summed E-state index contributed by atoms with van der Waals surface area (Å²) in [5, 5.41) is 7.74. The number of aryl methyl sites for hydroxylation is 1. The number of nitrogens with zero attached hydrogens (tertiary/aromatic N) is 3. The lowest BCUT2D eigenvalue weighted by Crippen LogP contribution is -1.85. The van der Waals surface area contributed by atoms with Crippen molar-refractivity contribution in [1.29, 1.82) is 0 Å². The lowest BCUT2D eigenvalue weighted by Gasteiger charge is -1.88. The Labute approximate surface area is 67.6 Å². The third-order valence-corrected chi connectivity index (χ3v) is 1.67. The predicted molar refractivity (Wildman–Crippen MR) is 41.4 cm³/mol. The molecule has 0 aromatic carbocycles. The first kappa shape index (κ1) is 6.54. The molecule has 0 fully saturated rings. The van der Waals surface area contributed by atoms with E-state index in [1.807, 2.05) is 6.92 Å². The molecule has 2 aromatic rings. The normalized spacial score (nSPS) is 10.7.